The van der Waals surface area contributed by atoms with Crippen LogP contribution in [0.1, 0.15) is 55.6 Å². The molecular weight excluding hydrogens is 420 g/mol. The summed E-state index contributed by atoms with van der Waals surface area (Å²) in [7, 11) is 0. The lowest BCUT2D eigenvalue weighted by molar-refractivity contribution is -0.146. The van der Waals surface area contributed by atoms with Gasteiger partial charge in [-0.05, 0) is 60.3 Å². The molecule has 0 aromatic heterocycles. The Morgan fingerprint density at radius 2 is 1.58 bits per heavy atom. The highest BCUT2D eigenvalue weighted by Crippen LogP contribution is 2.44. The zero-order chi connectivity index (χ0) is 23.0. The lowest BCUT2D eigenvalue weighted by Crippen LogP contribution is -2.65. The van der Waals surface area contributed by atoms with Gasteiger partial charge in [-0.25, -0.2) is 9.59 Å². The van der Waals surface area contributed by atoms with Crippen molar-refractivity contribution in [1.29, 1.82) is 0 Å². The van der Waals surface area contributed by atoms with Crippen LogP contribution in [0, 0.1) is 5.92 Å². The number of rotatable bonds is 7. The van der Waals surface area contributed by atoms with E-state index in [0.29, 0.717) is 12.8 Å². The molecule has 172 valence electrons. The molecule has 2 aromatic rings. The van der Waals surface area contributed by atoms with Gasteiger partial charge in [-0.1, -0.05) is 55.0 Å². The minimum Gasteiger partial charge on any atom is -0.480 e. The zero-order valence-electron chi connectivity index (χ0n) is 18.4. The van der Waals surface area contributed by atoms with Crippen LogP contribution in [0.4, 0.5) is 4.79 Å². The van der Waals surface area contributed by atoms with Crippen molar-refractivity contribution in [2.75, 3.05) is 6.61 Å². The van der Waals surface area contributed by atoms with Crippen LogP contribution in [0.3, 0.4) is 0 Å². The van der Waals surface area contributed by atoms with Gasteiger partial charge in [0.25, 0.3) is 0 Å². The molecule has 7 heteroatoms. The first-order chi connectivity index (χ1) is 16.0. The third kappa shape index (κ3) is 3.86. The topological polar surface area (TPSA) is 105 Å². The Balaban J connectivity index is 1.24. The van der Waals surface area contributed by atoms with Gasteiger partial charge in [0.15, 0.2) is 0 Å². The molecule has 2 saturated carbocycles. The molecular formula is C26H28N2O5. The minimum absolute atomic E-state index is 0.0435. The molecule has 5 rings (SSSR count). The Hall–Kier alpha value is -3.35. The van der Waals surface area contributed by atoms with E-state index in [1.165, 1.54) is 0 Å². The van der Waals surface area contributed by atoms with Crippen LogP contribution in [0.25, 0.3) is 11.1 Å². The van der Waals surface area contributed by atoms with E-state index in [1.54, 1.807) is 0 Å². The van der Waals surface area contributed by atoms with E-state index in [-0.39, 0.29) is 18.4 Å². The van der Waals surface area contributed by atoms with Gasteiger partial charge in [0, 0.05) is 5.92 Å². The number of amides is 2. The van der Waals surface area contributed by atoms with Gasteiger partial charge in [0.05, 0.1) is 0 Å². The van der Waals surface area contributed by atoms with E-state index in [2.05, 4.69) is 34.9 Å². The third-order valence-corrected chi connectivity index (χ3v) is 7.50. The first-order valence-corrected chi connectivity index (χ1v) is 11.7. The van der Waals surface area contributed by atoms with Crippen molar-refractivity contribution in [2.24, 2.45) is 5.92 Å². The van der Waals surface area contributed by atoms with Crippen LogP contribution in [-0.2, 0) is 14.3 Å². The highest BCUT2D eigenvalue weighted by Gasteiger charge is 2.48. The van der Waals surface area contributed by atoms with Crippen LogP contribution < -0.4 is 10.6 Å². The van der Waals surface area contributed by atoms with Crippen LogP contribution in [0.5, 0.6) is 0 Å². The fourth-order valence-electron chi connectivity index (χ4n) is 5.20. The van der Waals surface area contributed by atoms with Gasteiger partial charge in [-0.3, -0.25) is 4.79 Å². The number of carbonyl (C=O) groups excluding carboxylic acids is 2. The molecule has 2 amide bonds. The highest BCUT2D eigenvalue weighted by molar-refractivity contribution is 5.93. The third-order valence-electron chi connectivity index (χ3n) is 7.50. The van der Waals surface area contributed by atoms with E-state index < -0.39 is 29.6 Å². The molecule has 3 aliphatic carbocycles. The average molecular weight is 449 g/mol. The minimum atomic E-state index is -1.10. The smallest absolute Gasteiger partial charge is 0.408 e. The van der Waals surface area contributed by atoms with E-state index in [0.717, 1.165) is 47.9 Å². The summed E-state index contributed by atoms with van der Waals surface area (Å²) in [6.07, 6.45) is 3.65. The number of carboxylic acids is 1. The maximum absolute atomic E-state index is 13.0. The van der Waals surface area contributed by atoms with Gasteiger partial charge in [0.1, 0.15) is 18.2 Å². The molecule has 1 unspecified atom stereocenters. The molecule has 7 nitrogen and oxygen atoms in total. The molecule has 0 radical (unpaired) electrons. The Morgan fingerprint density at radius 3 is 2.06 bits per heavy atom. The number of hydrogen-bond acceptors (Lipinski definition) is 4. The average Bonchev–Trinajstić information content (AvgIpc) is 3.07. The first-order valence-electron chi connectivity index (χ1n) is 11.7. The Labute approximate surface area is 192 Å². The fourth-order valence-corrected chi connectivity index (χ4v) is 5.20. The molecule has 3 N–H and O–H groups in total. The summed E-state index contributed by atoms with van der Waals surface area (Å²) < 4.78 is 5.61. The van der Waals surface area contributed by atoms with E-state index in [1.807, 2.05) is 24.3 Å². The van der Waals surface area contributed by atoms with Crippen molar-refractivity contribution >= 4 is 18.0 Å². The number of aliphatic carboxylic acids is 1. The summed E-state index contributed by atoms with van der Waals surface area (Å²) >= 11 is 0. The molecule has 0 bridgehead atoms. The summed E-state index contributed by atoms with van der Waals surface area (Å²) in [5.74, 6) is -1.56. The van der Waals surface area contributed by atoms with E-state index >= 15 is 0 Å². The first kappa shape index (κ1) is 21.5. The lowest BCUT2D eigenvalue weighted by Gasteiger charge is -2.42. The zero-order valence-corrected chi connectivity index (χ0v) is 18.4. The Bertz CT molecular complexity index is 1040. The normalized spacial score (nSPS) is 19.3. The monoisotopic (exact) mass is 448 g/mol. The summed E-state index contributed by atoms with van der Waals surface area (Å²) in [6.45, 7) is 0.164. The molecule has 0 aliphatic heterocycles. The second-order valence-corrected chi connectivity index (χ2v) is 9.37. The fraction of sp³-hybridized carbons (Fsp3) is 0.423. The molecule has 0 heterocycles. The number of carbonyl (C=O) groups is 3. The van der Waals surface area contributed by atoms with Crippen molar-refractivity contribution in [2.45, 2.75) is 56.0 Å². The van der Waals surface area contributed by atoms with Crippen LogP contribution in [0.15, 0.2) is 48.5 Å². The predicted octanol–water partition coefficient (Wildman–Crippen LogP) is 3.82. The SMILES string of the molecule is O=C(NC1(C(=O)NC(C(=O)O)C2CCC2)CCC1)OCC1c2ccccc2-c2ccccc21. The van der Waals surface area contributed by atoms with Gasteiger partial charge < -0.3 is 20.5 Å². The number of fused-ring (bicyclic) bond motifs is 3. The van der Waals surface area contributed by atoms with Gasteiger partial charge in [-0.2, -0.15) is 0 Å². The molecule has 2 aromatic carbocycles. The van der Waals surface area contributed by atoms with Crippen LogP contribution in [0.2, 0.25) is 0 Å². The van der Waals surface area contributed by atoms with Crippen LogP contribution >= 0.6 is 0 Å². The molecule has 1 atom stereocenters. The standard InChI is InChI=1S/C26H28N2O5/c29-23(30)22(16-7-5-8-16)27-24(31)26(13-6-14-26)28-25(32)33-15-21-19-11-3-1-9-17(19)18-10-2-4-12-20(18)21/h1-4,9-12,16,21-22H,5-8,13-15H2,(H,27,31)(H,28,32)(H,29,30). The van der Waals surface area contributed by atoms with Gasteiger partial charge >= 0.3 is 12.1 Å². The lowest BCUT2D eigenvalue weighted by atomic mass is 9.74. The van der Waals surface area contributed by atoms with Crippen LogP contribution in [-0.4, -0.2) is 41.3 Å². The van der Waals surface area contributed by atoms with E-state index in [9.17, 15) is 19.5 Å². The second-order valence-electron chi connectivity index (χ2n) is 9.37. The van der Waals surface area contributed by atoms with Gasteiger partial charge in [0.2, 0.25) is 5.91 Å². The van der Waals surface area contributed by atoms with Crippen molar-refractivity contribution in [3.8, 4) is 11.1 Å². The number of nitrogens with one attached hydrogen (secondary N) is 2. The predicted molar refractivity (Wildman–Crippen MR) is 122 cm³/mol. The van der Waals surface area contributed by atoms with Gasteiger partial charge in [-0.15, -0.1) is 0 Å². The Morgan fingerprint density at radius 1 is 0.970 bits per heavy atom. The quantitative estimate of drug-likeness (QED) is 0.597. The highest BCUT2D eigenvalue weighted by atomic mass is 16.5. The maximum atomic E-state index is 13.0. The Kier molecular flexibility index (Phi) is 5.56. The number of hydrogen-bond donors (Lipinski definition) is 3. The molecule has 0 spiro atoms. The summed E-state index contributed by atoms with van der Waals surface area (Å²) in [6, 6.07) is 15.3. The largest absolute Gasteiger partial charge is 0.480 e. The van der Waals surface area contributed by atoms with Crippen molar-refractivity contribution in [1.82, 2.24) is 10.6 Å². The van der Waals surface area contributed by atoms with Crippen molar-refractivity contribution in [3.05, 3.63) is 59.7 Å². The maximum Gasteiger partial charge on any atom is 0.408 e. The van der Waals surface area contributed by atoms with E-state index in [4.69, 9.17) is 4.74 Å². The van der Waals surface area contributed by atoms with Crippen molar-refractivity contribution < 1.29 is 24.2 Å². The number of ether oxygens (including phenoxy) is 1. The second kappa shape index (κ2) is 8.54. The number of alkyl carbamates (subject to hydrolysis) is 1. The summed E-state index contributed by atoms with van der Waals surface area (Å²) in [5.41, 5.74) is 3.43. The number of benzene rings is 2. The molecule has 2 fully saturated rings. The summed E-state index contributed by atoms with van der Waals surface area (Å²) in [4.78, 5) is 37.4. The molecule has 33 heavy (non-hydrogen) atoms. The number of carboxylic acid groups (broad SMARTS) is 1. The molecule has 3 aliphatic rings. The molecule has 0 saturated heterocycles. The van der Waals surface area contributed by atoms with Crippen molar-refractivity contribution in [3.63, 3.8) is 0 Å². The summed E-state index contributed by atoms with van der Waals surface area (Å²) in [5, 5.41) is 15.0.